The molecule has 5 unspecified atom stereocenters. The summed E-state index contributed by atoms with van der Waals surface area (Å²) in [6.07, 6.45) is 6.55. The van der Waals surface area contributed by atoms with E-state index in [1.54, 1.807) is 6.92 Å². The summed E-state index contributed by atoms with van der Waals surface area (Å²) < 4.78 is 0. The highest BCUT2D eigenvalue weighted by atomic mass is 16.3. The lowest BCUT2D eigenvalue weighted by atomic mass is 9.43. The number of Topliss-reactive ketones (excluding diaryl/α,β-unsaturated/α-hetero) is 2. The molecule has 4 saturated carbocycles. The van der Waals surface area contributed by atoms with Gasteiger partial charge in [0.1, 0.15) is 11.6 Å². The Morgan fingerprint density at radius 1 is 1.08 bits per heavy atom. The first-order chi connectivity index (χ1) is 11.7. The fourth-order valence-electron chi connectivity index (χ4n) is 7.86. The fourth-order valence-corrected chi connectivity index (χ4v) is 7.86. The van der Waals surface area contributed by atoms with E-state index in [1.807, 2.05) is 0 Å². The van der Waals surface area contributed by atoms with Crippen LogP contribution in [0.25, 0.3) is 0 Å². The number of hydrogen-bond donors (Lipinski definition) is 1. The summed E-state index contributed by atoms with van der Waals surface area (Å²) in [4.78, 5) is 25.5. The smallest absolute Gasteiger partial charge is 0.140 e. The van der Waals surface area contributed by atoms with Crippen LogP contribution in [0.5, 0.6) is 0 Å². The molecule has 0 aromatic heterocycles. The van der Waals surface area contributed by atoms with E-state index in [0.717, 1.165) is 32.1 Å². The maximum Gasteiger partial charge on any atom is 0.140 e. The van der Waals surface area contributed by atoms with Crippen molar-refractivity contribution >= 4 is 11.6 Å². The zero-order chi connectivity index (χ0) is 18.1. The van der Waals surface area contributed by atoms with Crippen LogP contribution >= 0.6 is 0 Å². The number of aliphatic hydroxyl groups is 1. The van der Waals surface area contributed by atoms with Crippen molar-refractivity contribution in [3.05, 3.63) is 0 Å². The molecule has 4 aliphatic carbocycles. The first-order valence-corrected chi connectivity index (χ1v) is 10.4. The van der Waals surface area contributed by atoms with Gasteiger partial charge < -0.3 is 5.11 Å². The number of hydrogen-bond acceptors (Lipinski definition) is 3. The standard InChI is InChI=1S/C22H34O3/c1-12-7-8-21(3)17-11-20(25)22(4)15(13(2)23)5-6-16(22)14(17)10-19(24)18(21)9-12/h12,14-19,24H,5-11H2,1-4H3/t12?,14?,15-,16?,17?,18?,19+,21-,22-/m1/s1. The minimum Gasteiger partial charge on any atom is -0.393 e. The molecule has 4 fully saturated rings. The first kappa shape index (κ1) is 17.7. The van der Waals surface area contributed by atoms with Gasteiger partial charge in [-0.2, -0.15) is 0 Å². The van der Waals surface area contributed by atoms with Gasteiger partial charge in [0.15, 0.2) is 0 Å². The van der Waals surface area contributed by atoms with Crippen LogP contribution < -0.4 is 0 Å². The summed E-state index contributed by atoms with van der Waals surface area (Å²) in [6.45, 7) is 8.39. The molecule has 3 nitrogen and oxygen atoms in total. The molecule has 0 aliphatic heterocycles. The van der Waals surface area contributed by atoms with E-state index >= 15 is 0 Å². The molecule has 3 heteroatoms. The Kier molecular flexibility index (Phi) is 4.00. The molecule has 0 amide bonds. The lowest BCUT2D eigenvalue weighted by Gasteiger charge is -2.61. The first-order valence-electron chi connectivity index (χ1n) is 10.4. The predicted molar refractivity (Wildman–Crippen MR) is 96.8 cm³/mol. The molecule has 0 bridgehead atoms. The van der Waals surface area contributed by atoms with E-state index in [0.29, 0.717) is 41.8 Å². The molecule has 1 N–H and O–H groups in total. The van der Waals surface area contributed by atoms with E-state index in [9.17, 15) is 14.7 Å². The third-order valence-electron chi connectivity index (χ3n) is 9.30. The van der Waals surface area contributed by atoms with E-state index in [4.69, 9.17) is 0 Å². The van der Waals surface area contributed by atoms with E-state index in [-0.39, 0.29) is 23.2 Å². The predicted octanol–water partition coefficient (Wildman–Crippen LogP) is 4.02. The zero-order valence-electron chi connectivity index (χ0n) is 16.3. The van der Waals surface area contributed by atoms with Gasteiger partial charge in [-0.15, -0.1) is 0 Å². The molecule has 0 aromatic carbocycles. The Hall–Kier alpha value is -0.700. The Balaban J connectivity index is 1.71. The zero-order valence-corrected chi connectivity index (χ0v) is 16.3. The average Bonchev–Trinajstić information content (AvgIpc) is 2.90. The highest BCUT2D eigenvalue weighted by molar-refractivity contribution is 5.93. The van der Waals surface area contributed by atoms with Gasteiger partial charge in [0.05, 0.1) is 6.10 Å². The van der Waals surface area contributed by atoms with Crippen molar-refractivity contribution in [1.82, 2.24) is 0 Å². The summed E-state index contributed by atoms with van der Waals surface area (Å²) in [5.41, 5.74) is -0.377. The number of ketones is 2. The summed E-state index contributed by atoms with van der Waals surface area (Å²) in [7, 11) is 0. The minimum atomic E-state index is -0.474. The normalized spacial score (nSPS) is 55.2. The molecule has 4 aliphatic rings. The second kappa shape index (κ2) is 5.65. The second-order valence-electron chi connectivity index (χ2n) is 10.3. The van der Waals surface area contributed by atoms with Gasteiger partial charge in [0.25, 0.3) is 0 Å². The van der Waals surface area contributed by atoms with Crippen molar-refractivity contribution in [2.24, 2.45) is 46.3 Å². The Morgan fingerprint density at radius 3 is 2.48 bits per heavy atom. The van der Waals surface area contributed by atoms with Crippen molar-refractivity contribution in [3.8, 4) is 0 Å². The highest BCUT2D eigenvalue weighted by Crippen LogP contribution is 2.66. The van der Waals surface area contributed by atoms with Crippen molar-refractivity contribution in [3.63, 3.8) is 0 Å². The summed E-state index contributed by atoms with van der Waals surface area (Å²) in [5.74, 6) is 2.57. The molecule has 4 rings (SSSR count). The van der Waals surface area contributed by atoms with Crippen LogP contribution in [-0.4, -0.2) is 22.8 Å². The SMILES string of the molecule is CC(=O)[C@H]1CCC2C3C[C@H](O)C4CC(C)CC[C@]4(C)C3CC(=O)[C@@]21C. The van der Waals surface area contributed by atoms with Crippen LogP contribution in [0.4, 0.5) is 0 Å². The molecule has 0 radical (unpaired) electrons. The molecule has 0 aromatic rings. The monoisotopic (exact) mass is 346 g/mol. The minimum absolute atomic E-state index is 0.0972. The number of rotatable bonds is 1. The van der Waals surface area contributed by atoms with E-state index in [1.165, 1.54) is 6.42 Å². The van der Waals surface area contributed by atoms with Gasteiger partial charge in [-0.05, 0) is 74.0 Å². The molecular formula is C22H34O3. The maximum absolute atomic E-state index is 13.3. The number of carbonyl (C=O) groups excluding carboxylic acids is 2. The molecule has 140 valence electrons. The largest absolute Gasteiger partial charge is 0.393 e. The molecule has 9 atom stereocenters. The van der Waals surface area contributed by atoms with Crippen molar-refractivity contribution in [2.45, 2.75) is 78.7 Å². The Morgan fingerprint density at radius 2 is 1.80 bits per heavy atom. The quantitative estimate of drug-likeness (QED) is 0.780. The lowest BCUT2D eigenvalue weighted by Crippen LogP contribution is -2.60. The lowest BCUT2D eigenvalue weighted by molar-refractivity contribution is -0.175. The van der Waals surface area contributed by atoms with Gasteiger partial charge in [-0.3, -0.25) is 9.59 Å². The molecule has 0 heterocycles. The second-order valence-corrected chi connectivity index (χ2v) is 10.3. The van der Waals surface area contributed by atoms with Crippen molar-refractivity contribution in [2.75, 3.05) is 0 Å². The highest BCUT2D eigenvalue weighted by Gasteiger charge is 2.65. The van der Waals surface area contributed by atoms with Crippen LogP contribution in [0.15, 0.2) is 0 Å². The molecule has 0 saturated heterocycles. The van der Waals surface area contributed by atoms with Crippen LogP contribution in [-0.2, 0) is 9.59 Å². The van der Waals surface area contributed by atoms with Gasteiger partial charge in [-0.1, -0.05) is 27.2 Å². The van der Waals surface area contributed by atoms with Crippen molar-refractivity contribution < 1.29 is 14.7 Å². The van der Waals surface area contributed by atoms with Crippen molar-refractivity contribution in [1.29, 1.82) is 0 Å². The Labute approximate surface area is 151 Å². The van der Waals surface area contributed by atoms with Gasteiger partial charge in [0.2, 0.25) is 0 Å². The maximum atomic E-state index is 13.3. The summed E-state index contributed by atoms with van der Waals surface area (Å²) in [6, 6.07) is 0. The molecular weight excluding hydrogens is 312 g/mol. The van der Waals surface area contributed by atoms with Crippen LogP contribution in [0.1, 0.15) is 72.6 Å². The molecule has 25 heavy (non-hydrogen) atoms. The van der Waals surface area contributed by atoms with Gasteiger partial charge in [0, 0.05) is 17.8 Å². The molecule has 0 spiro atoms. The number of aliphatic hydroxyl groups excluding tert-OH is 1. The van der Waals surface area contributed by atoms with Gasteiger partial charge >= 0.3 is 0 Å². The number of carbonyl (C=O) groups is 2. The summed E-state index contributed by atoms with van der Waals surface area (Å²) >= 11 is 0. The average molecular weight is 347 g/mol. The number of fused-ring (bicyclic) bond motifs is 5. The topological polar surface area (TPSA) is 54.4 Å². The van der Waals surface area contributed by atoms with Crippen LogP contribution in [0, 0.1) is 46.3 Å². The summed E-state index contributed by atoms with van der Waals surface area (Å²) in [5, 5.41) is 11.0. The van der Waals surface area contributed by atoms with Crippen LogP contribution in [0.3, 0.4) is 0 Å². The Bertz CT molecular complexity index is 598. The van der Waals surface area contributed by atoms with E-state index in [2.05, 4.69) is 20.8 Å². The third-order valence-corrected chi connectivity index (χ3v) is 9.30. The third kappa shape index (κ3) is 2.27. The fraction of sp³-hybridized carbons (Fsp3) is 0.909. The van der Waals surface area contributed by atoms with Crippen LogP contribution in [0.2, 0.25) is 0 Å². The van der Waals surface area contributed by atoms with Gasteiger partial charge in [-0.25, -0.2) is 0 Å². The van der Waals surface area contributed by atoms with E-state index < -0.39 is 5.41 Å².